The molecule has 0 fully saturated rings. The number of urea groups is 1. The zero-order valence-corrected chi connectivity index (χ0v) is 10.3. The zero-order valence-electron chi connectivity index (χ0n) is 10.3. The molecule has 0 aliphatic carbocycles. The van der Waals surface area contributed by atoms with Crippen LogP contribution in [0, 0.1) is 0 Å². The summed E-state index contributed by atoms with van der Waals surface area (Å²) in [5, 5.41) is 23.0. The van der Waals surface area contributed by atoms with Crippen molar-refractivity contribution < 1.29 is 19.8 Å². The molecule has 1 rings (SSSR count). The van der Waals surface area contributed by atoms with Crippen LogP contribution in [-0.4, -0.2) is 34.8 Å². The van der Waals surface area contributed by atoms with Crippen LogP contribution in [-0.2, 0) is 11.2 Å². The van der Waals surface area contributed by atoms with E-state index in [-0.39, 0.29) is 18.7 Å². The van der Waals surface area contributed by atoms with Crippen LogP contribution in [0.25, 0.3) is 0 Å². The minimum atomic E-state index is -1.12. The molecule has 6 heteroatoms. The molecule has 2 amide bonds. The fourth-order valence-corrected chi connectivity index (χ4v) is 1.44. The van der Waals surface area contributed by atoms with Crippen molar-refractivity contribution in [2.45, 2.75) is 12.5 Å². The quantitative estimate of drug-likeness (QED) is 0.573. The second-order valence-electron chi connectivity index (χ2n) is 3.90. The molecule has 0 saturated carbocycles. The van der Waals surface area contributed by atoms with E-state index in [9.17, 15) is 9.59 Å². The average Bonchev–Trinajstić information content (AvgIpc) is 2.38. The number of carboxylic acid groups (broad SMARTS) is 1. The van der Waals surface area contributed by atoms with E-state index < -0.39 is 18.0 Å². The minimum absolute atomic E-state index is 0.104. The summed E-state index contributed by atoms with van der Waals surface area (Å²) in [7, 11) is 0. The number of carboxylic acids is 1. The van der Waals surface area contributed by atoms with Crippen LogP contribution >= 0.6 is 0 Å². The van der Waals surface area contributed by atoms with E-state index in [1.807, 2.05) is 0 Å². The number of hydrogen-bond acceptors (Lipinski definition) is 3. The van der Waals surface area contributed by atoms with Gasteiger partial charge in [0.2, 0.25) is 0 Å². The molecule has 102 valence electrons. The number of amides is 2. The number of benzene rings is 1. The van der Waals surface area contributed by atoms with E-state index in [1.165, 1.54) is 18.2 Å². The molecule has 1 aromatic rings. The van der Waals surface area contributed by atoms with Crippen molar-refractivity contribution in [3.63, 3.8) is 0 Å². The third kappa shape index (κ3) is 5.12. The summed E-state index contributed by atoms with van der Waals surface area (Å²) in [5.74, 6) is -1.02. The van der Waals surface area contributed by atoms with Gasteiger partial charge in [-0.2, -0.15) is 0 Å². The molecule has 0 heterocycles. The van der Waals surface area contributed by atoms with Crippen molar-refractivity contribution in [2.24, 2.45) is 0 Å². The molecule has 19 heavy (non-hydrogen) atoms. The van der Waals surface area contributed by atoms with E-state index in [1.54, 1.807) is 12.1 Å². The van der Waals surface area contributed by atoms with Gasteiger partial charge in [-0.1, -0.05) is 18.2 Å². The SMILES string of the molecule is C=CCNC(=O)N[C@@H](Cc1ccc(O)cc1)C(=O)O. The van der Waals surface area contributed by atoms with Gasteiger partial charge in [0.1, 0.15) is 11.8 Å². The summed E-state index contributed by atoms with van der Waals surface area (Å²) in [6.07, 6.45) is 1.63. The number of phenolic OH excluding ortho intramolecular Hbond substituents is 1. The van der Waals surface area contributed by atoms with Crippen LogP contribution in [0.5, 0.6) is 5.75 Å². The number of carbonyl (C=O) groups is 2. The van der Waals surface area contributed by atoms with Gasteiger partial charge in [-0.3, -0.25) is 0 Å². The highest BCUT2D eigenvalue weighted by molar-refractivity contribution is 5.82. The Balaban J connectivity index is 2.62. The summed E-state index contributed by atoms with van der Waals surface area (Å²) >= 11 is 0. The van der Waals surface area contributed by atoms with E-state index in [0.717, 1.165) is 0 Å². The molecule has 0 bridgehead atoms. The van der Waals surface area contributed by atoms with Crippen molar-refractivity contribution in [3.8, 4) is 5.75 Å². The monoisotopic (exact) mass is 264 g/mol. The summed E-state index contributed by atoms with van der Waals surface area (Å²) in [6, 6.07) is 4.54. The molecular weight excluding hydrogens is 248 g/mol. The lowest BCUT2D eigenvalue weighted by Crippen LogP contribution is -2.47. The third-order valence-electron chi connectivity index (χ3n) is 2.39. The number of rotatable bonds is 6. The Labute approximate surface area is 110 Å². The van der Waals surface area contributed by atoms with Crippen LogP contribution in [0.1, 0.15) is 5.56 Å². The first kappa shape index (κ1) is 14.6. The molecule has 0 aromatic heterocycles. The lowest BCUT2D eigenvalue weighted by molar-refractivity contribution is -0.139. The smallest absolute Gasteiger partial charge is 0.326 e. The Bertz CT molecular complexity index is 456. The summed E-state index contributed by atoms with van der Waals surface area (Å²) in [6.45, 7) is 3.70. The Morgan fingerprint density at radius 3 is 2.47 bits per heavy atom. The van der Waals surface area contributed by atoms with Gasteiger partial charge in [-0.05, 0) is 17.7 Å². The molecule has 0 aliphatic rings. The Morgan fingerprint density at radius 2 is 1.95 bits per heavy atom. The first-order valence-corrected chi connectivity index (χ1v) is 5.69. The highest BCUT2D eigenvalue weighted by atomic mass is 16.4. The Morgan fingerprint density at radius 1 is 1.32 bits per heavy atom. The van der Waals surface area contributed by atoms with E-state index in [0.29, 0.717) is 5.56 Å². The van der Waals surface area contributed by atoms with Crippen LogP contribution in [0.4, 0.5) is 4.79 Å². The molecule has 0 aliphatic heterocycles. The lowest BCUT2D eigenvalue weighted by Gasteiger charge is -2.14. The molecule has 4 N–H and O–H groups in total. The number of aromatic hydroxyl groups is 1. The first-order valence-electron chi connectivity index (χ1n) is 5.69. The first-order chi connectivity index (χ1) is 9.02. The molecule has 0 saturated heterocycles. The average molecular weight is 264 g/mol. The predicted octanol–water partition coefficient (Wildman–Crippen LogP) is 0.873. The van der Waals surface area contributed by atoms with Crippen LogP contribution in [0.15, 0.2) is 36.9 Å². The second kappa shape index (κ2) is 7.05. The number of aliphatic carboxylic acids is 1. The van der Waals surface area contributed by atoms with Crippen molar-refractivity contribution in [3.05, 3.63) is 42.5 Å². The second-order valence-corrected chi connectivity index (χ2v) is 3.90. The number of carbonyl (C=O) groups excluding carboxylic acids is 1. The van der Waals surface area contributed by atoms with Gasteiger partial charge in [0.25, 0.3) is 0 Å². The normalized spacial score (nSPS) is 11.4. The van der Waals surface area contributed by atoms with Crippen molar-refractivity contribution >= 4 is 12.0 Å². The van der Waals surface area contributed by atoms with Crippen LogP contribution < -0.4 is 10.6 Å². The zero-order chi connectivity index (χ0) is 14.3. The number of nitrogens with one attached hydrogen (secondary N) is 2. The molecule has 0 unspecified atom stereocenters. The summed E-state index contributed by atoms with van der Waals surface area (Å²) in [5.41, 5.74) is 0.703. The molecule has 0 spiro atoms. The van der Waals surface area contributed by atoms with Gasteiger partial charge in [0.15, 0.2) is 0 Å². The third-order valence-corrected chi connectivity index (χ3v) is 2.39. The topological polar surface area (TPSA) is 98.7 Å². The van der Waals surface area contributed by atoms with Gasteiger partial charge in [0.05, 0.1) is 0 Å². The van der Waals surface area contributed by atoms with Gasteiger partial charge in [-0.25, -0.2) is 9.59 Å². The van der Waals surface area contributed by atoms with E-state index >= 15 is 0 Å². The minimum Gasteiger partial charge on any atom is -0.508 e. The fraction of sp³-hybridized carbons (Fsp3) is 0.231. The van der Waals surface area contributed by atoms with Crippen molar-refractivity contribution in [1.82, 2.24) is 10.6 Å². The Hall–Kier alpha value is -2.50. The highest BCUT2D eigenvalue weighted by Crippen LogP contribution is 2.11. The van der Waals surface area contributed by atoms with Crippen molar-refractivity contribution in [2.75, 3.05) is 6.54 Å². The summed E-state index contributed by atoms with van der Waals surface area (Å²) < 4.78 is 0. The molecule has 1 aromatic carbocycles. The largest absolute Gasteiger partial charge is 0.508 e. The fourth-order valence-electron chi connectivity index (χ4n) is 1.44. The molecule has 0 radical (unpaired) electrons. The molecule has 6 nitrogen and oxygen atoms in total. The number of hydrogen-bond donors (Lipinski definition) is 4. The standard InChI is InChI=1S/C13H16N2O4/c1-2-7-14-13(19)15-11(12(17)18)8-9-3-5-10(16)6-4-9/h2-6,11,16H,1,7-8H2,(H,17,18)(H2,14,15,19)/t11-/m0/s1. The van der Waals surface area contributed by atoms with Gasteiger partial charge < -0.3 is 20.8 Å². The molecular formula is C13H16N2O4. The van der Waals surface area contributed by atoms with Crippen molar-refractivity contribution in [1.29, 1.82) is 0 Å². The highest BCUT2D eigenvalue weighted by Gasteiger charge is 2.19. The van der Waals surface area contributed by atoms with Crippen LogP contribution in [0.3, 0.4) is 0 Å². The maximum Gasteiger partial charge on any atom is 0.326 e. The van der Waals surface area contributed by atoms with Gasteiger partial charge in [0, 0.05) is 13.0 Å². The maximum absolute atomic E-state index is 11.4. The lowest BCUT2D eigenvalue weighted by atomic mass is 10.1. The van der Waals surface area contributed by atoms with Gasteiger partial charge in [-0.15, -0.1) is 6.58 Å². The maximum atomic E-state index is 11.4. The Kier molecular flexibility index (Phi) is 5.40. The van der Waals surface area contributed by atoms with Gasteiger partial charge >= 0.3 is 12.0 Å². The summed E-state index contributed by atoms with van der Waals surface area (Å²) in [4.78, 5) is 22.5. The van der Waals surface area contributed by atoms with E-state index in [4.69, 9.17) is 10.2 Å². The number of phenols is 1. The van der Waals surface area contributed by atoms with Crippen LogP contribution in [0.2, 0.25) is 0 Å². The van der Waals surface area contributed by atoms with E-state index in [2.05, 4.69) is 17.2 Å². The molecule has 1 atom stereocenters. The predicted molar refractivity (Wildman–Crippen MR) is 70.0 cm³/mol.